The quantitative estimate of drug-likeness (QED) is 0.439. The van der Waals surface area contributed by atoms with Crippen LogP contribution in [-0.2, 0) is 0 Å². The van der Waals surface area contributed by atoms with Crippen LogP contribution in [0, 0.1) is 12.3 Å². The molecule has 0 fully saturated rings. The van der Waals surface area contributed by atoms with Crippen LogP contribution < -0.4 is 10.5 Å². The average molecular weight is 236 g/mol. The van der Waals surface area contributed by atoms with E-state index in [1.165, 1.54) is 0 Å². The minimum absolute atomic E-state index is 0.00166. The molecule has 0 aromatic carbocycles. The minimum Gasteiger partial charge on any atom is -0.477 e. The van der Waals surface area contributed by atoms with Gasteiger partial charge in [0.2, 0.25) is 5.88 Å². The zero-order valence-electron chi connectivity index (χ0n) is 10.7. The van der Waals surface area contributed by atoms with Gasteiger partial charge in [-0.15, -0.1) is 0 Å². The molecule has 1 aromatic heterocycles. The molecule has 0 aliphatic rings. The SMILES string of the molecule is Cc1ccnc(OCCCN(C)C)c1C(=N)N. The van der Waals surface area contributed by atoms with Crippen LogP contribution in [0.4, 0.5) is 0 Å². The zero-order valence-corrected chi connectivity index (χ0v) is 10.7. The predicted octanol–water partition coefficient (Wildman–Crippen LogP) is 1.00. The first-order chi connectivity index (χ1) is 8.02. The van der Waals surface area contributed by atoms with Gasteiger partial charge in [-0.2, -0.15) is 0 Å². The fourth-order valence-corrected chi connectivity index (χ4v) is 1.52. The third-order valence-electron chi connectivity index (χ3n) is 2.38. The van der Waals surface area contributed by atoms with Gasteiger partial charge in [-0.25, -0.2) is 4.98 Å². The summed E-state index contributed by atoms with van der Waals surface area (Å²) in [5.41, 5.74) is 7.03. The number of nitrogen functional groups attached to an aromatic ring is 1. The van der Waals surface area contributed by atoms with Gasteiger partial charge in [-0.05, 0) is 39.1 Å². The second-order valence-corrected chi connectivity index (χ2v) is 4.23. The number of aryl methyl sites for hydroxylation is 1. The van der Waals surface area contributed by atoms with Crippen LogP contribution in [-0.4, -0.2) is 43.0 Å². The number of nitrogens with one attached hydrogen (secondary N) is 1. The molecule has 0 aliphatic heterocycles. The number of hydrogen-bond acceptors (Lipinski definition) is 4. The van der Waals surface area contributed by atoms with E-state index >= 15 is 0 Å². The van der Waals surface area contributed by atoms with E-state index in [1.54, 1.807) is 6.20 Å². The molecule has 1 rings (SSSR count). The summed E-state index contributed by atoms with van der Waals surface area (Å²) < 4.78 is 5.57. The van der Waals surface area contributed by atoms with Gasteiger partial charge >= 0.3 is 0 Å². The van der Waals surface area contributed by atoms with E-state index in [2.05, 4.69) is 9.88 Å². The molecule has 0 bridgehead atoms. The third-order valence-corrected chi connectivity index (χ3v) is 2.38. The van der Waals surface area contributed by atoms with Crippen molar-refractivity contribution in [2.75, 3.05) is 27.2 Å². The molecule has 0 saturated carbocycles. The lowest BCUT2D eigenvalue weighted by Crippen LogP contribution is -2.18. The van der Waals surface area contributed by atoms with E-state index < -0.39 is 0 Å². The van der Waals surface area contributed by atoms with E-state index in [9.17, 15) is 0 Å². The van der Waals surface area contributed by atoms with E-state index in [4.69, 9.17) is 15.9 Å². The molecule has 5 nitrogen and oxygen atoms in total. The fourth-order valence-electron chi connectivity index (χ4n) is 1.52. The Bertz CT molecular complexity index is 390. The van der Waals surface area contributed by atoms with Gasteiger partial charge in [0.15, 0.2) is 0 Å². The van der Waals surface area contributed by atoms with Crippen molar-refractivity contribution in [3.63, 3.8) is 0 Å². The maximum atomic E-state index is 7.52. The fraction of sp³-hybridized carbons (Fsp3) is 0.500. The molecular formula is C12H20N4O. The van der Waals surface area contributed by atoms with Gasteiger partial charge in [0, 0.05) is 12.7 Å². The van der Waals surface area contributed by atoms with Gasteiger partial charge in [0.1, 0.15) is 5.84 Å². The van der Waals surface area contributed by atoms with Crippen LogP contribution in [0.2, 0.25) is 0 Å². The monoisotopic (exact) mass is 236 g/mol. The Labute approximate surface area is 102 Å². The number of rotatable bonds is 6. The summed E-state index contributed by atoms with van der Waals surface area (Å²) in [4.78, 5) is 6.22. The molecule has 1 heterocycles. The number of nitrogens with two attached hydrogens (primary N) is 1. The number of hydrogen-bond donors (Lipinski definition) is 2. The maximum Gasteiger partial charge on any atom is 0.224 e. The molecule has 17 heavy (non-hydrogen) atoms. The van der Waals surface area contributed by atoms with Crippen molar-refractivity contribution < 1.29 is 4.74 Å². The molecule has 1 aromatic rings. The summed E-state index contributed by atoms with van der Waals surface area (Å²) in [7, 11) is 4.04. The van der Waals surface area contributed by atoms with Crippen molar-refractivity contribution in [2.45, 2.75) is 13.3 Å². The standard InChI is InChI=1S/C12H20N4O/c1-9-5-6-15-12(10(9)11(13)14)17-8-4-7-16(2)3/h5-6H,4,7-8H2,1-3H3,(H3,13,14). The second kappa shape index (κ2) is 6.20. The highest BCUT2D eigenvalue weighted by Crippen LogP contribution is 2.18. The summed E-state index contributed by atoms with van der Waals surface area (Å²) in [6.07, 6.45) is 2.59. The summed E-state index contributed by atoms with van der Waals surface area (Å²) in [6.45, 7) is 3.43. The van der Waals surface area contributed by atoms with Gasteiger partial charge in [-0.3, -0.25) is 5.41 Å². The van der Waals surface area contributed by atoms with Crippen LogP contribution in [0.15, 0.2) is 12.3 Å². The average Bonchev–Trinajstić information content (AvgIpc) is 2.23. The van der Waals surface area contributed by atoms with E-state index in [0.29, 0.717) is 18.1 Å². The lowest BCUT2D eigenvalue weighted by atomic mass is 10.1. The summed E-state index contributed by atoms with van der Waals surface area (Å²) in [5.74, 6) is 0.453. The molecule has 5 heteroatoms. The normalized spacial score (nSPS) is 10.6. The first kappa shape index (κ1) is 13.4. The first-order valence-corrected chi connectivity index (χ1v) is 5.60. The predicted molar refractivity (Wildman–Crippen MR) is 68.7 cm³/mol. The molecular weight excluding hydrogens is 216 g/mol. The highest BCUT2D eigenvalue weighted by atomic mass is 16.5. The molecule has 0 spiro atoms. The summed E-state index contributed by atoms with van der Waals surface area (Å²) in [5, 5.41) is 7.52. The van der Waals surface area contributed by atoms with Crippen LogP contribution in [0.5, 0.6) is 5.88 Å². The zero-order chi connectivity index (χ0) is 12.8. The van der Waals surface area contributed by atoms with E-state index in [-0.39, 0.29) is 5.84 Å². The topological polar surface area (TPSA) is 75.2 Å². The molecule has 3 N–H and O–H groups in total. The minimum atomic E-state index is -0.00166. The highest BCUT2D eigenvalue weighted by molar-refractivity contribution is 5.98. The molecule has 0 amide bonds. The lowest BCUT2D eigenvalue weighted by Gasteiger charge is -2.13. The number of ether oxygens (including phenoxy) is 1. The Kier molecular flexibility index (Phi) is 4.90. The van der Waals surface area contributed by atoms with Crippen molar-refractivity contribution in [1.29, 1.82) is 5.41 Å². The molecule has 0 atom stereocenters. The van der Waals surface area contributed by atoms with Crippen molar-refractivity contribution in [1.82, 2.24) is 9.88 Å². The molecule has 0 saturated heterocycles. The van der Waals surface area contributed by atoms with Crippen molar-refractivity contribution in [3.8, 4) is 5.88 Å². The smallest absolute Gasteiger partial charge is 0.224 e. The van der Waals surface area contributed by atoms with E-state index in [0.717, 1.165) is 18.5 Å². The van der Waals surface area contributed by atoms with Crippen LogP contribution >= 0.6 is 0 Å². The van der Waals surface area contributed by atoms with Gasteiger partial charge < -0.3 is 15.4 Å². The van der Waals surface area contributed by atoms with Crippen molar-refractivity contribution in [2.24, 2.45) is 5.73 Å². The Morgan fingerprint density at radius 2 is 2.24 bits per heavy atom. The second-order valence-electron chi connectivity index (χ2n) is 4.23. The number of pyridine rings is 1. The van der Waals surface area contributed by atoms with Crippen molar-refractivity contribution >= 4 is 5.84 Å². The van der Waals surface area contributed by atoms with Gasteiger partial charge in [-0.1, -0.05) is 0 Å². The Hall–Kier alpha value is -1.62. The largest absolute Gasteiger partial charge is 0.477 e. The Morgan fingerprint density at radius 1 is 1.53 bits per heavy atom. The lowest BCUT2D eigenvalue weighted by molar-refractivity contribution is 0.272. The Balaban J connectivity index is 2.64. The summed E-state index contributed by atoms with van der Waals surface area (Å²) in [6, 6.07) is 1.82. The molecule has 94 valence electrons. The van der Waals surface area contributed by atoms with E-state index in [1.807, 2.05) is 27.1 Å². The first-order valence-electron chi connectivity index (χ1n) is 5.60. The molecule has 0 aliphatic carbocycles. The molecule has 0 unspecified atom stereocenters. The van der Waals surface area contributed by atoms with Gasteiger partial charge in [0.05, 0.1) is 12.2 Å². The van der Waals surface area contributed by atoms with Crippen LogP contribution in [0.25, 0.3) is 0 Å². The Morgan fingerprint density at radius 3 is 2.82 bits per heavy atom. The highest BCUT2D eigenvalue weighted by Gasteiger charge is 2.10. The number of nitrogens with zero attached hydrogens (tertiary/aromatic N) is 2. The number of amidine groups is 1. The number of aromatic nitrogens is 1. The third kappa shape index (κ3) is 4.03. The van der Waals surface area contributed by atoms with Gasteiger partial charge in [0.25, 0.3) is 0 Å². The molecule has 0 radical (unpaired) electrons. The van der Waals surface area contributed by atoms with Crippen molar-refractivity contribution in [3.05, 3.63) is 23.4 Å². The maximum absolute atomic E-state index is 7.52. The van der Waals surface area contributed by atoms with Crippen LogP contribution in [0.3, 0.4) is 0 Å². The van der Waals surface area contributed by atoms with Crippen LogP contribution in [0.1, 0.15) is 17.5 Å². The summed E-state index contributed by atoms with van der Waals surface area (Å²) >= 11 is 0.